The van der Waals surface area contributed by atoms with Crippen LogP contribution in [-0.4, -0.2) is 39.3 Å². The monoisotopic (exact) mass is 365 g/mol. The molecular weight excluding hydrogens is 346 g/mol. The van der Waals surface area contributed by atoms with Gasteiger partial charge in [0, 0.05) is 23.5 Å². The number of carbonyl (C=O) groups excluding carboxylic acids is 2. The van der Waals surface area contributed by atoms with Crippen molar-refractivity contribution in [1.29, 1.82) is 0 Å². The number of rotatable bonds is 1. The van der Waals surface area contributed by atoms with Crippen LogP contribution in [0, 0.1) is 0 Å². The van der Waals surface area contributed by atoms with E-state index in [0.717, 1.165) is 16.3 Å². The van der Waals surface area contributed by atoms with E-state index in [4.69, 9.17) is 9.94 Å². The molecule has 0 spiro atoms. The standard InChI is InChI=1S/C20H19N3O4/c1-13-12-27-18-8-14(19(24)21-26)6-7-17(18)11-23(13)20(25)22-9-15-4-2-3-5-16(15)10-22/h2-10,13,26H,11-12H2,1H3,(H,21,24)/t13-/m0/s1. The first-order chi connectivity index (χ1) is 13.1. The van der Waals surface area contributed by atoms with E-state index in [0.29, 0.717) is 24.5 Å². The summed E-state index contributed by atoms with van der Waals surface area (Å²) in [6.45, 7) is 2.60. The van der Waals surface area contributed by atoms with Gasteiger partial charge in [-0.25, -0.2) is 10.3 Å². The Balaban J connectivity index is 1.65. The van der Waals surface area contributed by atoms with E-state index in [9.17, 15) is 9.59 Å². The number of nitrogens with one attached hydrogen (secondary N) is 1. The minimum atomic E-state index is -0.606. The van der Waals surface area contributed by atoms with Crippen molar-refractivity contribution in [2.24, 2.45) is 0 Å². The third-order valence-electron chi connectivity index (χ3n) is 4.80. The smallest absolute Gasteiger partial charge is 0.328 e. The molecule has 1 aliphatic heterocycles. The molecule has 3 aromatic rings. The lowest BCUT2D eigenvalue weighted by atomic mass is 10.1. The molecular formula is C20H19N3O4. The lowest BCUT2D eigenvalue weighted by Crippen LogP contribution is -2.41. The number of nitrogens with zero attached hydrogens (tertiary/aromatic N) is 2. The van der Waals surface area contributed by atoms with Crippen LogP contribution >= 0.6 is 0 Å². The fourth-order valence-corrected chi connectivity index (χ4v) is 3.26. The van der Waals surface area contributed by atoms with E-state index >= 15 is 0 Å². The predicted octanol–water partition coefficient (Wildman–Crippen LogP) is 3.01. The molecule has 1 aliphatic rings. The molecule has 2 aromatic carbocycles. The Morgan fingerprint density at radius 3 is 2.52 bits per heavy atom. The molecule has 0 radical (unpaired) electrons. The van der Waals surface area contributed by atoms with Crippen molar-refractivity contribution in [3.63, 3.8) is 0 Å². The molecule has 138 valence electrons. The molecule has 2 heterocycles. The van der Waals surface area contributed by atoms with Crippen molar-refractivity contribution < 1.29 is 19.5 Å². The molecule has 2 amide bonds. The zero-order valence-corrected chi connectivity index (χ0v) is 14.8. The van der Waals surface area contributed by atoms with E-state index < -0.39 is 5.91 Å². The highest BCUT2D eigenvalue weighted by Gasteiger charge is 2.27. The second kappa shape index (κ2) is 6.77. The predicted molar refractivity (Wildman–Crippen MR) is 98.9 cm³/mol. The fourth-order valence-electron chi connectivity index (χ4n) is 3.26. The zero-order valence-electron chi connectivity index (χ0n) is 14.8. The molecule has 7 nitrogen and oxygen atoms in total. The maximum atomic E-state index is 13.1. The largest absolute Gasteiger partial charge is 0.491 e. The topological polar surface area (TPSA) is 83.8 Å². The van der Waals surface area contributed by atoms with Crippen molar-refractivity contribution in [3.05, 3.63) is 66.0 Å². The Kier molecular flexibility index (Phi) is 4.29. The van der Waals surface area contributed by atoms with Gasteiger partial charge >= 0.3 is 6.03 Å². The first kappa shape index (κ1) is 17.1. The van der Waals surface area contributed by atoms with Crippen LogP contribution in [0.1, 0.15) is 22.8 Å². The van der Waals surface area contributed by atoms with Gasteiger partial charge in [-0.2, -0.15) is 0 Å². The third kappa shape index (κ3) is 3.13. The molecule has 1 aromatic heterocycles. The number of hydroxylamine groups is 1. The Morgan fingerprint density at radius 1 is 1.15 bits per heavy atom. The van der Waals surface area contributed by atoms with E-state index in [1.165, 1.54) is 0 Å². The van der Waals surface area contributed by atoms with Crippen molar-refractivity contribution >= 4 is 22.7 Å². The lowest BCUT2D eigenvalue weighted by Gasteiger charge is -2.26. The van der Waals surface area contributed by atoms with Crippen LogP contribution in [0.5, 0.6) is 5.75 Å². The van der Waals surface area contributed by atoms with Gasteiger partial charge in [0.2, 0.25) is 0 Å². The molecule has 0 saturated carbocycles. The van der Waals surface area contributed by atoms with E-state index in [1.54, 1.807) is 33.1 Å². The number of ether oxygens (including phenoxy) is 1. The van der Waals surface area contributed by atoms with Crippen LogP contribution < -0.4 is 10.2 Å². The van der Waals surface area contributed by atoms with Crippen LogP contribution in [0.4, 0.5) is 4.79 Å². The van der Waals surface area contributed by atoms with Crippen LogP contribution in [0.3, 0.4) is 0 Å². The third-order valence-corrected chi connectivity index (χ3v) is 4.80. The number of carbonyl (C=O) groups is 2. The van der Waals surface area contributed by atoms with Gasteiger partial charge in [-0.1, -0.05) is 30.3 Å². The Hall–Kier alpha value is -3.32. The average molecular weight is 365 g/mol. The summed E-state index contributed by atoms with van der Waals surface area (Å²) in [7, 11) is 0. The first-order valence-corrected chi connectivity index (χ1v) is 8.64. The SMILES string of the molecule is C[C@H]1COc2cc(C(=O)NO)ccc2CN1C(=O)n1cc2ccccc2c1. The summed E-state index contributed by atoms with van der Waals surface area (Å²) in [5, 5.41) is 10.8. The molecule has 0 unspecified atom stereocenters. The molecule has 4 rings (SSSR count). The van der Waals surface area contributed by atoms with Crippen LogP contribution in [0.25, 0.3) is 10.8 Å². The van der Waals surface area contributed by atoms with Crippen molar-refractivity contribution in [1.82, 2.24) is 14.9 Å². The Morgan fingerprint density at radius 2 is 1.85 bits per heavy atom. The number of amides is 2. The number of hydrogen-bond donors (Lipinski definition) is 2. The summed E-state index contributed by atoms with van der Waals surface area (Å²) in [6, 6.07) is 12.4. The number of benzene rings is 2. The maximum Gasteiger partial charge on any atom is 0.328 e. The summed E-state index contributed by atoms with van der Waals surface area (Å²) in [5.74, 6) is -0.0680. The van der Waals surface area contributed by atoms with Crippen molar-refractivity contribution in [3.8, 4) is 5.75 Å². The average Bonchev–Trinajstić information content (AvgIpc) is 3.06. The highest BCUT2D eigenvalue weighted by atomic mass is 16.5. The highest BCUT2D eigenvalue weighted by molar-refractivity contribution is 5.94. The van der Waals surface area contributed by atoms with Crippen molar-refractivity contribution in [2.45, 2.75) is 19.5 Å². The Labute approximate surface area is 155 Å². The molecule has 0 bridgehead atoms. The summed E-state index contributed by atoms with van der Waals surface area (Å²) < 4.78 is 7.40. The van der Waals surface area contributed by atoms with E-state index in [1.807, 2.05) is 43.6 Å². The zero-order chi connectivity index (χ0) is 19.0. The van der Waals surface area contributed by atoms with Gasteiger partial charge in [0.1, 0.15) is 12.4 Å². The van der Waals surface area contributed by atoms with E-state index in [2.05, 4.69) is 0 Å². The second-order valence-corrected chi connectivity index (χ2v) is 6.63. The molecule has 1 atom stereocenters. The first-order valence-electron chi connectivity index (χ1n) is 8.64. The van der Waals surface area contributed by atoms with Crippen LogP contribution in [0.2, 0.25) is 0 Å². The maximum absolute atomic E-state index is 13.1. The quantitative estimate of drug-likeness (QED) is 0.513. The second-order valence-electron chi connectivity index (χ2n) is 6.63. The van der Waals surface area contributed by atoms with Gasteiger partial charge in [-0.05, 0) is 29.8 Å². The van der Waals surface area contributed by atoms with Crippen LogP contribution in [0.15, 0.2) is 54.9 Å². The van der Waals surface area contributed by atoms with Gasteiger partial charge in [-0.3, -0.25) is 14.6 Å². The summed E-state index contributed by atoms with van der Waals surface area (Å²) in [6.07, 6.45) is 3.65. The van der Waals surface area contributed by atoms with Gasteiger partial charge in [-0.15, -0.1) is 0 Å². The fraction of sp³-hybridized carbons (Fsp3) is 0.200. The number of fused-ring (bicyclic) bond motifs is 2. The highest BCUT2D eigenvalue weighted by Crippen LogP contribution is 2.27. The minimum Gasteiger partial charge on any atom is -0.491 e. The molecule has 7 heteroatoms. The van der Waals surface area contributed by atoms with Gasteiger partial charge in [0.25, 0.3) is 5.91 Å². The lowest BCUT2D eigenvalue weighted by molar-refractivity contribution is 0.0706. The summed E-state index contributed by atoms with van der Waals surface area (Å²) in [4.78, 5) is 26.5. The molecule has 27 heavy (non-hydrogen) atoms. The molecule has 0 saturated heterocycles. The molecule has 0 fully saturated rings. The molecule has 0 aliphatic carbocycles. The minimum absolute atomic E-state index is 0.132. The van der Waals surface area contributed by atoms with E-state index in [-0.39, 0.29) is 12.1 Å². The number of hydrogen-bond acceptors (Lipinski definition) is 4. The molecule has 2 N–H and O–H groups in total. The summed E-state index contributed by atoms with van der Waals surface area (Å²) >= 11 is 0. The number of aromatic nitrogens is 1. The van der Waals surface area contributed by atoms with Crippen LogP contribution in [-0.2, 0) is 6.54 Å². The van der Waals surface area contributed by atoms with Crippen molar-refractivity contribution in [2.75, 3.05) is 6.61 Å². The Bertz CT molecular complexity index is 994. The normalized spacial score (nSPS) is 16.4. The van der Waals surface area contributed by atoms with Gasteiger partial charge in [0.15, 0.2) is 0 Å². The van der Waals surface area contributed by atoms with Gasteiger partial charge < -0.3 is 9.64 Å². The summed E-state index contributed by atoms with van der Waals surface area (Å²) in [5.41, 5.74) is 2.71. The van der Waals surface area contributed by atoms with Gasteiger partial charge in [0.05, 0.1) is 12.6 Å².